The van der Waals surface area contributed by atoms with Crippen LogP contribution in [0.3, 0.4) is 0 Å². The molecule has 3 rings (SSSR count). The van der Waals surface area contributed by atoms with Crippen LogP contribution in [0.1, 0.15) is 25.1 Å². The molecule has 1 aliphatic rings. The van der Waals surface area contributed by atoms with E-state index in [9.17, 15) is 0 Å². The van der Waals surface area contributed by atoms with E-state index in [0.29, 0.717) is 0 Å². The van der Waals surface area contributed by atoms with E-state index in [2.05, 4.69) is 58.4 Å². The number of aliphatic imine (C=N–C) groups is 1. The average Bonchev–Trinajstić information content (AvgIpc) is 3.01. The van der Waals surface area contributed by atoms with Gasteiger partial charge in [-0.1, -0.05) is 18.2 Å². The van der Waals surface area contributed by atoms with Crippen LogP contribution >= 0.6 is 11.8 Å². The Kier molecular flexibility index (Phi) is 5.37. The second kappa shape index (κ2) is 7.52. The molecule has 2 heterocycles. The molecule has 0 unspecified atom stereocenters. The Morgan fingerprint density at radius 3 is 2.80 bits per heavy atom. The molecule has 1 saturated heterocycles. The molecule has 1 fully saturated rings. The number of aryl methyl sites for hydroxylation is 1. The molecule has 134 valence electrons. The molecule has 0 saturated carbocycles. The number of hydrogen-bond donors (Lipinski definition) is 1. The third kappa shape index (κ3) is 4.37. The number of nitrogens with zero attached hydrogens (tertiary/aromatic N) is 4. The van der Waals surface area contributed by atoms with E-state index in [0.717, 1.165) is 42.7 Å². The number of thioether (sulfide) groups is 1. The van der Waals surface area contributed by atoms with Gasteiger partial charge in [0.2, 0.25) is 0 Å². The van der Waals surface area contributed by atoms with Crippen molar-refractivity contribution in [3.8, 4) is 5.69 Å². The Balaban J connectivity index is 1.73. The maximum absolute atomic E-state index is 4.54. The lowest BCUT2D eigenvalue weighted by molar-refractivity contribution is 0.375. The summed E-state index contributed by atoms with van der Waals surface area (Å²) < 4.78 is 2.20. The molecule has 25 heavy (non-hydrogen) atoms. The number of benzene rings is 1. The lowest BCUT2D eigenvalue weighted by atomic mass is 10.1. The fourth-order valence-corrected chi connectivity index (χ4v) is 4.25. The molecular formula is C19H27N5S. The highest BCUT2D eigenvalue weighted by Crippen LogP contribution is 2.29. The van der Waals surface area contributed by atoms with Crippen LogP contribution in [-0.2, 0) is 6.54 Å². The molecule has 0 radical (unpaired) electrons. The standard InChI is InChI=1S/C19H27N5S/c1-15-9-10-24(22-15)17-8-6-5-7-16(17)13-21-18(20-4)23-11-12-25-19(2,3)14-23/h5-10H,11-14H2,1-4H3,(H,20,21). The Labute approximate surface area is 154 Å². The number of para-hydroxylation sites is 1. The van der Waals surface area contributed by atoms with Gasteiger partial charge >= 0.3 is 0 Å². The topological polar surface area (TPSA) is 45.5 Å². The predicted molar refractivity (Wildman–Crippen MR) is 107 cm³/mol. The summed E-state index contributed by atoms with van der Waals surface area (Å²) in [6.45, 7) is 9.38. The summed E-state index contributed by atoms with van der Waals surface area (Å²) in [5.74, 6) is 2.11. The maximum atomic E-state index is 4.54. The van der Waals surface area contributed by atoms with Gasteiger partial charge in [0.15, 0.2) is 5.96 Å². The first kappa shape index (κ1) is 17.9. The highest BCUT2D eigenvalue weighted by atomic mass is 32.2. The van der Waals surface area contributed by atoms with E-state index < -0.39 is 0 Å². The minimum atomic E-state index is 0.264. The van der Waals surface area contributed by atoms with E-state index in [4.69, 9.17) is 0 Å². The van der Waals surface area contributed by atoms with E-state index >= 15 is 0 Å². The molecule has 0 atom stereocenters. The van der Waals surface area contributed by atoms with Crippen molar-refractivity contribution in [3.63, 3.8) is 0 Å². The fourth-order valence-electron chi connectivity index (χ4n) is 3.14. The van der Waals surface area contributed by atoms with Gasteiger partial charge in [-0.2, -0.15) is 16.9 Å². The van der Waals surface area contributed by atoms with Crippen LogP contribution < -0.4 is 5.32 Å². The summed E-state index contributed by atoms with van der Waals surface area (Å²) in [7, 11) is 1.86. The largest absolute Gasteiger partial charge is 0.352 e. The van der Waals surface area contributed by atoms with Crippen LogP contribution in [0.25, 0.3) is 5.69 Å². The quantitative estimate of drug-likeness (QED) is 0.677. The van der Waals surface area contributed by atoms with E-state index in [1.54, 1.807) is 0 Å². The van der Waals surface area contributed by atoms with Crippen molar-refractivity contribution in [2.24, 2.45) is 4.99 Å². The van der Waals surface area contributed by atoms with Gasteiger partial charge < -0.3 is 10.2 Å². The zero-order chi connectivity index (χ0) is 17.9. The summed E-state index contributed by atoms with van der Waals surface area (Å²) in [6, 6.07) is 10.4. The van der Waals surface area contributed by atoms with Crippen molar-refractivity contribution in [2.45, 2.75) is 32.1 Å². The molecule has 0 amide bonds. The normalized spacial score (nSPS) is 17.6. The zero-order valence-electron chi connectivity index (χ0n) is 15.5. The molecule has 6 heteroatoms. The van der Waals surface area contributed by atoms with Gasteiger partial charge in [0.25, 0.3) is 0 Å². The first-order valence-corrected chi connectivity index (χ1v) is 9.67. The van der Waals surface area contributed by atoms with Crippen molar-refractivity contribution in [3.05, 3.63) is 47.8 Å². The molecule has 0 aliphatic carbocycles. The van der Waals surface area contributed by atoms with Crippen molar-refractivity contribution in [1.82, 2.24) is 20.0 Å². The van der Waals surface area contributed by atoms with E-state index in [-0.39, 0.29) is 4.75 Å². The number of nitrogens with one attached hydrogen (secondary N) is 1. The first-order valence-electron chi connectivity index (χ1n) is 8.69. The van der Waals surface area contributed by atoms with Crippen molar-refractivity contribution < 1.29 is 0 Å². The van der Waals surface area contributed by atoms with Gasteiger partial charge in [-0.15, -0.1) is 0 Å². The van der Waals surface area contributed by atoms with Crippen LogP contribution in [0.5, 0.6) is 0 Å². The predicted octanol–water partition coefficient (Wildman–Crippen LogP) is 3.08. The zero-order valence-corrected chi connectivity index (χ0v) is 16.3. The summed E-state index contributed by atoms with van der Waals surface area (Å²) in [6.07, 6.45) is 2.01. The maximum Gasteiger partial charge on any atom is 0.193 e. The van der Waals surface area contributed by atoms with Crippen LogP contribution in [0.2, 0.25) is 0 Å². The summed E-state index contributed by atoms with van der Waals surface area (Å²) in [5, 5.41) is 8.08. The number of aromatic nitrogens is 2. The number of guanidine groups is 1. The minimum Gasteiger partial charge on any atom is -0.352 e. The molecule has 2 aromatic rings. The van der Waals surface area contributed by atoms with E-state index in [1.165, 1.54) is 5.56 Å². The Morgan fingerprint density at radius 1 is 1.32 bits per heavy atom. The molecule has 0 spiro atoms. The molecule has 1 N–H and O–H groups in total. The molecule has 1 aromatic carbocycles. The number of rotatable bonds is 3. The number of hydrogen-bond acceptors (Lipinski definition) is 3. The van der Waals surface area contributed by atoms with Crippen LogP contribution in [0.4, 0.5) is 0 Å². The SMILES string of the molecule is CN=C(NCc1ccccc1-n1ccc(C)n1)N1CCSC(C)(C)C1. The Hall–Kier alpha value is -1.95. The van der Waals surface area contributed by atoms with Crippen LogP contribution in [0.15, 0.2) is 41.5 Å². The second-order valence-corrected chi connectivity index (χ2v) is 8.76. The molecule has 5 nitrogen and oxygen atoms in total. The second-order valence-electron chi connectivity index (χ2n) is 6.96. The lowest BCUT2D eigenvalue weighted by Gasteiger charge is -2.39. The third-order valence-electron chi connectivity index (χ3n) is 4.33. The molecule has 0 bridgehead atoms. The third-order valence-corrected chi connectivity index (χ3v) is 5.63. The monoisotopic (exact) mass is 357 g/mol. The fraction of sp³-hybridized carbons (Fsp3) is 0.474. The Bertz CT molecular complexity index is 750. The molecule has 1 aliphatic heterocycles. The molecule has 1 aromatic heterocycles. The van der Waals surface area contributed by atoms with Gasteiger partial charge in [0.1, 0.15) is 0 Å². The first-order chi connectivity index (χ1) is 12.0. The average molecular weight is 358 g/mol. The summed E-state index contributed by atoms with van der Waals surface area (Å²) in [4.78, 5) is 6.86. The highest BCUT2D eigenvalue weighted by molar-refractivity contribution is 8.00. The van der Waals surface area contributed by atoms with Gasteiger partial charge in [-0.3, -0.25) is 4.99 Å². The Morgan fingerprint density at radius 2 is 2.12 bits per heavy atom. The van der Waals surface area contributed by atoms with Gasteiger partial charge in [0.05, 0.1) is 11.4 Å². The smallest absolute Gasteiger partial charge is 0.193 e. The van der Waals surface area contributed by atoms with Crippen molar-refractivity contribution >= 4 is 17.7 Å². The summed E-state index contributed by atoms with van der Waals surface area (Å²) >= 11 is 2.03. The highest BCUT2D eigenvalue weighted by Gasteiger charge is 2.28. The van der Waals surface area contributed by atoms with Gasteiger partial charge in [0, 0.05) is 43.4 Å². The van der Waals surface area contributed by atoms with Crippen LogP contribution in [-0.4, -0.2) is 51.3 Å². The minimum absolute atomic E-state index is 0.264. The van der Waals surface area contributed by atoms with Gasteiger partial charge in [-0.05, 0) is 38.5 Å². The van der Waals surface area contributed by atoms with Crippen LogP contribution in [0, 0.1) is 6.92 Å². The van der Waals surface area contributed by atoms with Gasteiger partial charge in [-0.25, -0.2) is 4.68 Å². The molecular weight excluding hydrogens is 330 g/mol. The van der Waals surface area contributed by atoms with Crippen molar-refractivity contribution in [2.75, 3.05) is 25.9 Å². The lowest BCUT2D eigenvalue weighted by Crippen LogP contribution is -2.50. The summed E-state index contributed by atoms with van der Waals surface area (Å²) in [5.41, 5.74) is 3.33. The van der Waals surface area contributed by atoms with Crippen molar-refractivity contribution in [1.29, 1.82) is 0 Å². The van der Waals surface area contributed by atoms with E-state index in [1.807, 2.05) is 42.7 Å².